The SMILES string of the molecule is CCOC(=O)Cn1c(=NC(=O)COc2ccc(C(C)C)cc2)sc2cc(S(N)(=O)=O)ccc21. The van der Waals surface area contributed by atoms with Crippen molar-refractivity contribution in [2.24, 2.45) is 10.1 Å². The quantitative estimate of drug-likeness (QED) is 0.482. The molecule has 0 bridgehead atoms. The summed E-state index contributed by atoms with van der Waals surface area (Å²) in [6.07, 6.45) is 0. The van der Waals surface area contributed by atoms with Crippen molar-refractivity contribution in [2.75, 3.05) is 13.2 Å². The molecule has 3 aromatic rings. The normalized spacial score (nSPS) is 12.3. The van der Waals surface area contributed by atoms with Crippen LogP contribution in [0.2, 0.25) is 0 Å². The van der Waals surface area contributed by atoms with Crippen molar-refractivity contribution in [3.8, 4) is 5.75 Å². The highest BCUT2D eigenvalue weighted by Crippen LogP contribution is 2.22. The van der Waals surface area contributed by atoms with Gasteiger partial charge in [0.2, 0.25) is 10.0 Å². The number of thiazole rings is 1. The van der Waals surface area contributed by atoms with Crippen molar-refractivity contribution in [3.63, 3.8) is 0 Å². The first-order chi connectivity index (χ1) is 15.6. The third-order valence-electron chi connectivity index (χ3n) is 4.70. The van der Waals surface area contributed by atoms with Gasteiger partial charge in [-0.2, -0.15) is 4.99 Å². The van der Waals surface area contributed by atoms with Gasteiger partial charge in [-0.15, -0.1) is 0 Å². The molecule has 0 atom stereocenters. The average molecular weight is 492 g/mol. The maximum atomic E-state index is 12.5. The van der Waals surface area contributed by atoms with Gasteiger partial charge >= 0.3 is 5.97 Å². The first-order valence-corrected chi connectivity index (χ1v) is 12.6. The molecule has 1 heterocycles. The molecule has 0 saturated carbocycles. The van der Waals surface area contributed by atoms with Crippen LogP contribution in [0.5, 0.6) is 5.75 Å². The molecular weight excluding hydrogens is 466 g/mol. The summed E-state index contributed by atoms with van der Waals surface area (Å²) in [5.41, 5.74) is 1.68. The Morgan fingerprint density at radius 1 is 1.15 bits per heavy atom. The number of aromatic nitrogens is 1. The molecule has 11 heteroatoms. The van der Waals surface area contributed by atoms with E-state index < -0.39 is 21.9 Å². The van der Waals surface area contributed by atoms with Gasteiger partial charge in [-0.3, -0.25) is 9.59 Å². The Bertz CT molecular complexity index is 1340. The maximum Gasteiger partial charge on any atom is 0.326 e. The van der Waals surface area contributed by atoms with Crippen molar-refractivity contribution in [1.82, 2.24) is 4.57 Å². The van der Waals surface area contributed by atoms with Gasteiger partial charge in [0.15, 0.2) is 11.4 Å². The van der Waals surface area contributed by atoms with Crippen LogP contribution in [0.15, 0.2) is 52.4 Å². The molecule has 3 rings (SSSR count). The van der Waals surface area contributed by atoms with E-state index in [2.05, 4.69) is 18.8 Å². The zero-order valence-corrected chi connectivity index (χ0v) is 20.1. The molecule has 9 nitrogen and oxygen atoms in total. The standard InChI is InChI=1S/C22H25N3O6S2/c1-4-30-21(27)12-25-18-10-9-17(33(23,28)29)11-19(18)32-22(25)24-20(26)13-31-16-7-5-15(6-8-16)14(2)3/h5-11,14H,4,12-13H2,1-3H3,(H2,23,28,29). The highest BCUT2D eigenvalue weighted by atomic mass is 32.2. The lowest BCUT2D eigenvalue weighted by molar-refractivity contribution is -0.143. The fourth-order valence-corrected chi connectivity index (χ4v) is 4.74. The summed E-state index contributed by atoms with van der Waals surface area (Å²) in [5.74, 6) is -0.147. The van der Waals surface area contributed by atoms with Crippen LogP contribution in [-0.2, 0) is 30.9 Å². The lowest BCUT2D eigenvalue weighted by Gasteiger charge is -2.07. The van der Waals surface area contributed by atoms with Crippen LogP contribution in [-0.4, -0.2) is 38.1 Å². The molecular formula is C22H25N3O6S2. The molecule has 0 aliphatic heterocycles. The van der Waals surface area contributed by atoms with Crippen molar-refractivity contribution >= 4 is 43.5 Å². The number of hydrogen-bond donors (Lipinski definition) is 1. The van der Waals surface area contributed by atoms with Gasteiger partial charge in [-0.05, 0) is 48.7 Å². The number of hydrogen-bond acceptors (Lipinski definition) is 7. The number of nitrogens with zero attached hydrogens (tertiary/aromatic N) is 2. The fourth-order valence-electron chi connectivity index (χ4n) is 3.04. The molecule has 0 aliphatic carbocycles. The number of rotatable bonds is 8. The largest absolute Gasteiger partial charge is 0.484 e. The summed E-state index contributed by atoms with van der Waals surface area (Å²) in [6, 6.07) is 11.7. The van der Waals surface area contributed by atoms with Crippen LogP contribution in [0, 0.1) is 0 Å². The van der Waals surface area contributed by atoms with E-state index in [1.54, 1.807) is 19.1 Å². The van der Waals surface area contributed by atoms with E-state index in [0.717, 1.165) is 16.9 Å². The van der Waals surface area contributed by atoms with E-state index in [0.29, 0.717) is 21.9 Å². The van der Waals surface area contributed by atoms with E-state index in [1.165, 1.54) is 22.8 Å². The monoisotopic (exact) mass is 491 g/mol. The topological polar surface area (TPSA) is 130 Å². The van der Waals surface area contributed by atoms with Gasteiger partial charge in [0.25, 0.3) is 5.91 Å². The van der Waals surface area contributed by atoms with Crippen molar-refractivity contribution in [1.29, 1.82) is 0 Å². The van der Waals surface area contributed by atoms with Crippen LogP contribution in [0.4, 0.5) is 0 Å². The highest BCUT2D eigenvalue weighted by Gasteiger charge is 2.15. The molecule has 0 radical (unpaired) electrons. The smallest absolute Gasteiger partial charge is 0.326 e. The summed E-state index contributed by atoms with van der Waals surface area (Å²) >= 11 is 1.06. The number of fused-ring (bicyclic) bond motifs is 1. The van der Waals surface area contributed by atoms with Gasteiger partial charge < -0.3 is 14.0 Å². The third kappa shape index (κ3) is 6.28. The molecule has 1 amide bonds. The number of carbonyl (C=O) groups is 2. The van der Waals surface area contributed by atoms with E-state index in [1.807, 2.05) is 12.1 Å². The number of primary sulfonamides is 1. The van der Waals surface area contributed by atoms with Gasteiger partial charge in [-0.25, -0.2) is 13.6 Å². The molecule has 0 unspecified atom stereocenters. The van der Waals surface area contributed by atoms with E-state index in [-0.39, 0.29) is 29.5 Å². The van der Waals surface area contributed by atoms with E-state index in [9.17, 15) is 18.0 Å². The molecule has 2 aromatic carbocycles. The molecule has 0 spiro atoms. The molecule has 0 aliphatic rings. The fraction of sp³-hybridized carbons (Fsp3) is 0.318. The van der Waals surface area contributed by atoms with Crippen LogP contribution >= 0.6 is 11.3 Å². The number of sulfonamides is 1. The zero-order chi connectivity index (χ0) is 24.2. The first kappa shape index (κ1) is 24.6. The van der Waals surface area contributed by atoms with Crippen LogP contribution in [0.3, 0.4) is 0 Å². The predicted molar refractivity (Wildman–Crippen MR) is 124 cm³/mol. The maximum absolute atomic E-state index is 12.5. The highest BCUT2D eigenvalue weighted by molar-refractivity contribution is 7.89. The lowest BCUT2D eigenvalue weighted by atomic mass is 10.0. The second-order valence-electron chi connectivity index (χ2n) is 7.47. The molecule has 0 fully saturated rings. The minimum atomic E-state index is -3.91. The minimum absolute atomic E-state index is 0.0782. The Morgan fingerprint density at radius 2 is 1.85 bits per heavy atom. The number of benzene rings is 2. The molecule has 2 N–H and O–H groups in total. The summed E-state index contributed by atoms with van der Waals surface area (Å²) in [7, 11) is -3.91. The van der Waals surface area contributed by atoms with Gasteiger partial charge in [0.05, 0.1) is 21.7 Å². The summed E-state index contributed by atoms with van der Waals surface area (Å²) < 4.78 is 35.9. The van der Waals surface area contributed by atoms with Crippen LogP contribution in [0.1, 0.15) is 32.3 Å². The second kappa shape index (κ2) is 10.3. The first-order valence-electron chi connectivity index (χ1n) is 10.2. The number of amides is 1. The average Bonchev–Trinajstić information content (AvgIpc) is 3.08. The van der Waals surface area contributed by atoms with Crippen LogP contribution in [0.25, 0.3) is 10.2 Å². The number of nitrogens with two attached hydrogens (primary N) is 1. The third-order valence-corrected chi connectivity index (χ3v) is 6.66. The van der Waals surface area contributed by atoms with Gasteiger partial charge in [0, 0.05) is 0 Å². The summed E-state index contributed by atoms with van der Waals surface area (Å²) in [5, 5.41) is 5.22. The number of esters is 1. The molecule has 176 valence electrons. The summed E-state index contributed by atoms with van der Waals surface area (Å²) in [4.78, 5) is 28.8. The summed E-state index contributed by atoms with van der Waals surface area (Å²) in [6.45, 7) is 5.57. The van der Waals surface area contributed by atoms with E-state index in [4.69, 9.17) is 14.6 Å². The number of ether oxygens (including phenoxy) is 2. The van der Waals surface area contributed by atoms with Crippen molar-refractivity contribution in [2.45, 2.75) is 38.1 Å². The Balaban J connectivity index is 1.91. The van der Waals surface area contributed by atoms with Gasteiger partial charge in [-0.1, -0.05) is 37.3 Å². The Hall–Kier alpha value is -3.02. The molecule has 33 heavy (non-hydrogen) atoms. The van der Waals surface area contributed by atoms with Crippen molar-refractivity contribution in [3.05, 3.63) is 52.8 Å². The van der Waals surface area contributed by atoms with Crippen LogP contribution < -0.4 is 14.7 Å². The second-order valence-corrected chi connectivity index (χ2v) is 10.0. The Kier molecular flexibility index (Phi) is 7.67. The van der Waals surface area contributed by atoms with Gasteiger partial charge in [0.1, 0.15) is 12.3 Å². The predicted octanol–water partition coefficient (Wildman–Crippen LogP) is 2.54. The Labute approximate surface area is 195 Å². The van der Waals surface area contributed by atoms with Crippen molar-refractivity contribution < 1.29 is 27.5 Å². The Morgan fingerprint density at radius 3 is 2.45 bits per heavy atom. The zero-order valence-electron chi connectivity index (χ0n) is 18.5. The molecule has 1 aromatic heterocycles. The minimum Gasteiger partial charge on any atom is -0.484 e. The molecule has 0 saturated heterocycles. The number of carbonyl (C=O) groups excluding carboxylic acids is 2. The lowest BCUT2D eigenvalue weighted by Crippen LogP contribution is -2.24. The van der Waals surface area contributed by atoms with E-state index >= 15 is 0 Å².